The molecular formula is C29H29FN2O2. The lowest BCUT2D eigenvalue weighted by Gasteiger charge is -2.39. The average molecular weight is 457 g/mol. The minimum atomic E-state index is -0.875. The molecule has 3 aromatic carbocycles. The van der Waals surface area contributed by atoms with Gasteiger partial charge in [0.2, 0.25) is 11.8 Å². The Hall–Kier alpha value is -3.47. The monoisotopic (exact) mass is 456 g/mol. The van der Waals surface area contributed by atoms with Crippen LogP contribution in [0.15, 0.2) is 84.9 Å². The van der Waals surface area contributed by atoms with E-state index >= 15 is 0 Å². The van der Waals surface area contributed by atoms with Crippen LogP contribution in [0.5, 0.6) is 0 Å². The Morgan fingerprint density at radius 2 is 1.56 bits per heavy atom. The second-order valence-corrected chi connectivity index (χ2v) is 9.70. The number of carbonyl (C=O) groups excluding carboxylic acids is 2. The van der Waals surface area contributed by atoms with Gasteiger partial charge in [0.15, 0.2) is 0 Å². The number of rotatable bonds is 4. The van der Waals surface area contributed by atoms with Crippen LogP contribution in [0.4, 0.5) is 4.39 Å². The molecule has 2 saturated heterocycles. The maximum absolute atomic E-state index is 14.4. The van der Waals surface area contributed by atoms with Crippen LogP contribution < -0.4 is 5.32 Å². The summed E-state index contributed by atoms with van der Waals surface area (Å²) in [6, 6.07) is 26.2. The Labute approximate surface area is 199 Å². The molecule has 5 rings (SSSR count). The Morgan fingerprint density at radius 1 is 0.971 bits per heavy atom. The van der Waals surface area contributed by atoms with Crippen LogP contribution in [-0.2, 0) is 15.0 Å². The van der Waals surface area contributed by atoms with Gasteiger partial charge >= 0.3 is 0 Å². The van der Waals surface area contributed by atoms with Crippen molar-refractivity contribution in [2.24, 2.45) is 0 Å². The van der Waals surface area contributed by atoms with Gasteiger partial charge < -0.3 is 10.2 Å². The van der Waals surface area contributed by atoms with E-state index in [0.29, 0.717) is 19.5 Å². The van der Waals surface area contributed by atoms with Gasteiger partial charge in [-0.3, -0.25) is 9.59 Å². The highest BCUT2D eigenvalue weighted by Gasteiger charge is 2.53. The second kappa shape index (κ2) is 8.71. The highest BCUT2D eigenvalue weighted by Crippen LogP contribution is 2.44. The van der Waals surface area contributed by atoms with Crippen LogP contribution >= 0.6 is 0 Å². The molecule has 34 heavy (non-hydrogen) atoms. The Morgan fingerprint density at radius 3 is 2.12 bits per heavy atom. The number of nitrogens with one attached hydrogen (secondary N) is 1. The van der Waals surface area contributed by atoms with Gasteiger partial charge in [0, 0.05) is 25.4 Å². The molecule has 0 aliphatic carbocycles. The van der Waals surface area contributed by atoms with Gasteiger partial charge in [0.05, 0.1) is 11.0 Å². The van der Waals surface area contributed by atoms with Crippen molar-refractivity contribution in [2.75, 3.05) is 13.1 Å². The molecule has 3 aromatic rings. The van der Waals surface area contributed by atoms with Gasteiger partial charge in [-0.25, -0.2) is 4.39 Å². The summed E-state index contributed by atoms with van der Waals surface area (Å²) in [7, 11) is 0. The summed E-state index contributed by atoms with van der Waals surface area (Å²) in [5.41, 5.74) is 1.38. The first-order valence-electron chi connectivity index (χ1n) is 11.9. The molecule has 2 aliphatic rings. The smallest absolute Gasteiger partial charge is 0.237 e. The molecule has 4 nitrogen and oxygen atoms in total. The number of likely N-dealkylation sites (tertiary alicyclic amines) is 1. The van der Waals surface area contributed by atoms with Crippen LogP contribution in [0.25, 0.3) is 0 Å². The van der Waals surface area contributed by atoms with E-state index in [9.17, 15) is 14.0 Å². The molecule has 2 amide bonds. The zero-order valence-electron chi connectivity index (χ0n) is 19.3. The van der Waals surface area contributed by atoms with E-state index in [1.165, 1.54) is 12.1 Å². The molecule has 0 aromatic heterocycles. The van der Waals surface area contributed by atoms with Gasteiger partial charge in [-0.2, -0.15) is 0 Å². The summed E-state index contributed by atoms with van der Waals surface area (Å²) >= 11 is 0. The van der Waals surface area contributed by atoms with Crippen molar-refractivity contribution >= 4 is 11.8 Å². The van der Waals surface area contributed by atoms with E-state index in [-0.39, 0.29) is 23.5 Å². The number of hydrogen-bond donors (Lipinski definition) is 1. The summed E-state index contributed by atoms with van der Waals surface area (Å²) in [4.78, 5) is 28.8. The number of amides is 2. The molecule has 2 aliphatic heterocycles. The van der Waals surface area contributed by atoms with Crippen molar-refractivity contribution in [3.05, 3.63) is 107 Å². The third-order valence-corrected chi connectivity index (χ3v) is 7.65. The maximum atomic E-state index is 14.4. The number of hydrogen-bond acceptors (Lipinski definition) is 2. The molecular weight excluding hydrogens is 427 g/mol. The second-order valence-electron chi connectivity index (χ2n) is 9.70. The number of carbonyl (C=O) groups is 2. The fourth-order valence-corrected chi connectivity index (χ4v) is 5.80. The van der Waals surface area contributed by atoms with E-state index in [0.717, 1.165) is 29.5 Å². The molecule has 2 atom stereocenters. The first kappa shape index (κ1) is 22.3. The number of piperidine rings is 1. The fraction of sp³-hybridized carbons (Fsp3) is 0.310. The molecule has 174 valence electrons. The van der Waals surface area contributed by atoms with Crippen LogP contribution in [0.3, 0.4) is 0 Å². The summed E-state index contributed by atoms with van der Waals surface area (Å²) in [6.45, 7) is 2.90. The molecule has 2 fully saturated rings. The SMILES string of the molecule is CC(C(=O)N1C[C@@H](c2ccc(F)cc2)[C@@]2(CCCC(=O)N2)C1)(c1ccccc1)c1ccccc1. The Kier molecular flexibility index (Phi) is 5.72. The van der Waals surface area contributed by atoms with Crippen molar-refractivity contribution < 1.29 is 14.0 Å². The first-order valence-corrected chi connectivity index (χ1v) is 11.9. The largest absolute Gasteiger partial charge is 0.348 e. The van der Waals surface area contributed by atoms with E-state index < -0.39 is 11.0 Å². The van der Waals surface area contributed by atoms with Gasteiger partial charge in [-0.1, -0.05) is 72.8 Å². The summed E-state index contributed by atoms with van der Waals surface area (Å²) in [5, 5.41) is 3.24. The van der Waals surface area contributed by atoms with E-state index in [2.05, 4.69) is 5.32 Å². The Bertz CT molecular complexity index is 1140. The standard InChI is InChI=1S/C29H29FN2O2/c1-28(22-9-4-2-5-10-22,23-11-6-3-7-12-23)27(34)32-19-25(21-14-16-24(30)17-15-21)29(20-32)18-8-13-26(33)31-29/h2-7,9-12,14-17,25H,8,13,18-20H2,1H3,(H,31,33)/t25-,29+/m0/s1. The van der Waals surface area contributed by atoms with E-state index in [1.54, 1.807) is 12.1 Å². The van der Waals surface area contributed by atoms with Gasteiger partial charge in [0.25, 0.3) is 0 Å². The predicted octanol–water partition coefficient (Wildman–Crippen LogP) is 4.80. The van der Waals surface area contributed by atoms with E-state index in [1.807, 2.05) is 72.5 Å². The molecule has 1 N–H and O–H groups in total. The van der Waals surface area contributed by atoms with Crippen molar-refractivity contribution in [1.82, 2.24) is 10.2 Å². The van der Waals surface area contributed by atoms with Gasteiger partial charge in [-0.05, 0) is 48.6 Å². The lowest BCUT2D eigenvalue weighted by atomic mass is 9.75. The zero-order chi connectivity index (χ0) is 23.8. The normalized spacial score (nSPS) is 22.6. The predicted molar refractivity (Wildman–Crippen MR) is 130 cm³/mol. The lowest BCUT2D eigenvalue weighted by molar-refractivity contribution is -0.135. The maximum Gasteiger partial charge on any atom is 0.237 e. The van der Waals surface area contributed by atoms with Gasteiger partial charge in [-0.15, -0.1) is 0 Å². The molecule has 0 saturated carbocycles. The summed E-state index contributed by atoms with van der Waals surface area (Å²) in [6.07, 6.45) is 2.07. The van der Waals surface area contributed by atoms with Crippen molar-refractivity contribution in [3.63, 3.8) is 0 Å². The van der Waals surface area contributed by atoms with Crippen molar-refractivity contribution in [1.29, 1.82) is 0 Å². The van der Waals surface area contributed by atoms with E-state index in [4.69, 9.17) is 0 Å². The van der Waals surface area contributed by atoms with Gasteiger partial charge in [0.1, 0.15) is 5.82 Å². The number of halogens is 1. The number of nitrogens with zero attached hydrogens (tertiary/aromatic N) is 1. The highest BCUT2D eigenvalue weighted by molar-refractivity contribution is 5.92. The van der Waals surface area contributed by atoms with Crippen molar-refractivity contribution in [2.45, 2.75) is 43.1 Å². The molecule has 0 bridgehead atoms. The minimum absolute atomic E-state index is 0.00806. The fourth-order valence-electron chi connectivity index (χ4n) is 5.80. The average Bonchev–Trinajstić information content (AvgIpc) is 3.22. The lowest BCUT2D eigenvalue weighted by Crippen LogP contribution is -2.57. The van der Waals surface area contributed by atoms with Crippen LogP contribution in [0.2, 0.25) is 0 Å². The molecule has 0 unspecified atom stereocenters. The topological polar surface area (TPSA) is 49.4 Å². The minimum Gasteiger partial charge on any atom is -0.348 e. The van der Waals surface area contributed by atoms with Crippen molar-refractivity contribution in [3.8, 4) is 0 Å². The summed E-state index contributed by atoms with van der Waals surface area (Å²) < 4.78 is 13.7. The quantitative estimate of drug-likeness (QED) is 0.613. The first-order chi connectivity index (χ1) is 16.4. The summed E-state index contributed by atoms with van der Waals surface area (Å²) in [5.74, 6) is -0.371. The third-order valence-electron chi connectivity index (χ3n) is 7.65. The molecule has 5 heteroatoms. The molecule has 2 heterocycles. The third kappa shape index (κ3) is 3.79. The van der Waals surface area contributed by atoms with Crippen LogP contribution in [-0.4, -0.2) is 35.3 Å². The zero-order valence-corrected chi connectivity index (χ0v) is 19.3. The highest BCUT2D eigenvalue weighted by atomic mass is 19.1. The number of benzene rings is 3. The molecule has 1 spiro atoms. The van der Waals surface area contributed by atoms with Crippen LogP contribution in [0, 0.1) is 5.82 Å². The molecule has 0 radical (unpaired) electrons. The van der Waals surface area contributed by atoms with Crippen LogP contribution in [0.1, 0.15) is 48.8 Å². The Balaban J connectivity index is 1.56.